The summed E-state index contributed by atoms with van der Waals surface area (Å²) < 4.78 is 67.5. The highest BCUT2D eigenvalue weighted by Crippen LogP contribution is 2.35. The summed E-state index contributed by atoms with van der Waals surface area (Å²) in [5.74, 6) is -3.36. The average molecular weight is 602 g/mol. The number of halogens is 3. The average Bonchev–Trinajstić information content (AvgIpc) is 2.82. The zero-order valence-electron chi connectivity index (χ0n) is 23.0. The van der Waals surface area contributed by atoms with Gasteiger partial charge in [-0.25, -0.2) is 31.5 Å². The number of urea groups is 1. The van der Waals surface area contributed by atoms with Crippen LogP contribution in [0.1, 0.15) is 52.5 Å². The highest BCUT2D eigenvalue weighted by atomic mass is 35.5. The molecule has 1 unspecified atom stereocenters. The van der Waals surface area contributed by atoms with Gasteiger partial charge in [-0.1, -0.05) is 23.7 Å². The Bertz CT molecular complexity index is 1330. The van der Waals surface area contributed by atoms with Crippen molar-refractivity contribution in [3.63, 3.8) is 0 Å². The molecule has 0 aliphatic carbocycles. The minimum Gasteiger partial charge on any atom is -0.490 e. The topological polar surface area (TPSA) is 114 Å². The highest BCUT2D eigenvalue weighted by Gasteiger charge is 2.35. The van der Waals surface area contributed by atoms with Crippen LogP contribution in [0.15, 0.2) is 41.3 Å². The number of rotatable bonds is 7. The minimum atomic E-state index is -4.69. The fourth-order valence-electron chi connectivity index (χ4n) is 4.33. The van der Waals surface area contributed by atoms with Crippen molar-refractivity contribution < 1.29 is 36.3 Å². The quantitative estimate of drug-likeness (QED) is 0.437. The summed E-state index contributed by atoms with van der Waals surface area (Å²) in [7, 11) is -4.69. The van der Waals surface area contributed by atoms with Crippen LogP contribution in [0.3, 0.4) is 0 Å². The number of carbonyl (C=O) groups excluding carboxylic acids is 2. The maximum atomic E-state index is 14.9. The highest BCUT2D eigenvalue weighted by molar-refractivity contribution is 7.90. The number of hydrogen-bond donors (Lipinski definition) is 2. The molecule has 1 fully saturated rings. The van der Waals surface area contributed by atoms with E-state index in [1.54, 1.807) is 56.4 Å². The molecule has 13 heteroatoms. The van der Waals surface area contributed by atoms with Crippen LogP contribution < -0.4 is 14.8 Å². The molecule has 2 atom stereocenters. The van der Waals surface area contributed by atoms with Crippen LogP contribution >= 0.6 is 11.6 Å². The van der Waals surface area contributed by atoms with Gasteiger partial charge < -0.3 is 19.7 Å². The number of sulfonamides is 1. The Morgan fingerprint density at radius 2 is 1.77 bits per heavy atom. The number of benzene rings is 2. The van der Waals surface area contributed by atoms with Gasteiger partial charge in [0, 0.05) is 42.2 Å². The second-order valence-electron chi connectivity index (χ2n) is 10.9. The van der Waals surface area contributed by atoms with Crippen molar-refractivity contribution in [2.45, 2.75) is 63.5 Å². The molecule has 9 nitrogen and oxygen atoms in total. The molecular weight excluding hydrogens is 568 g/mol. The van der Waals surface area contributed by atoms with E-state index < -0.39 is 50.0 Å². The van der Waals surface area contributed by atoms with Crippen molar-refractivity contribution in [1.29, 1.82) is 0 Å². The number of carbonyl (C=O) groups is 2. The summed E-state index contributed by atoms with van der Waals surface area (Å²) >= 11 is 6.04. The Morgan fingerprint density at radius 1 is 1.12 bits per heavy atom. The fourth-order valence-corrected chi connectivity index (χ4v) is 5.45. The molecular formula is C27H34ClF2N3O6S. The zero-order valence-corrected chi connectivity index (χ0v) is 24.5. The zero-order chi connectivity index (χ0) is 29.8. The van der Waals surface area contributed by atoms with Gasteiger partial charge in [-0.3, -0.25) is 0 Å². The molecule has 0 saturated carbocycles. The van der Waals surface area contributed by atoms with Gasteiger partial charge in [0.05, 0.1) is 6.61 Å². The molecule has 2 aromatic carbocycles. The van der Waals surface area contributed by atoms with Crippen molar-refractivity contribution in [3.8, 4) is 5.75 Å². The smallest absolute Gasteiger partial charge is 0.410 e. The van der Waals surface area contributed by atoms with Crippen molar-refractivity contribution in [2.24, 2.45) is 5.92 Å². The molecule has 3 amide bonds. The normalized spacial score (nSPS) is 17.9. The molecule has 1 aliphatic rings. The number of ether oxygens (including phenoxy) is 2. The fraction of sp³-hybridized carbons (Fsp3) is 0.481. The predicted molar refractivity (Wildman–Crippen MR) is 146 cm³/mol. The summed E-state index contributed by atoms with van der Waals surface area (Å²) in [6.07, 6.45) is 0.0698. The molecule has 1 saturated heterocycles. The van der Waals surface area contributed by atoms with E-state index >= 15 is 0 Å². The first kappa shape index (κ1) is 31.4. The van der Waals surface area contributed by atoms with Crippen LogP contribution in [0.2, 0.25) is 5.02 Å². The summed E-state index contributed by atoms with van der Waals surface area (Å²) in [5.41, 5.74) is 0.254. The Hall–Kier alpha value is -3.12. The lowest BCUT2D eigenvalue weighted by Crippen LogP contribution is -2.46. The molecule has 40 heavy (non-hydrogen) atoms. The Morgan fingerprint density at radius 3 is 2.38 bits per heavy atom. The van der Waals surface area contributed by atoms with E-state index in [1.165, 1.54) is 0 Å². The largest absolute Gasteiger partial charge is 0.490 e. The third-order valence-electron chi connectivity index (χ3n) is 6.06. The first-order valence-electron chi connectivity index (χ1n) is 12.7. The maximum absolute atomic E-state index is 14.9. The maximum Gasteiger partial charge on any atom is 0.410 e. The second kappa shape index (κ2) is 12.6. The number of nitrogens with zero attached hydrogens (tertiary/aromatic N) is 1. The van der Waals surface area contributed by atoms with Gasteiger partial charge in [0.25, 0.3) is 10.0 Å². The van der Waals surface area contributed by atoms with Gasteiger partial charge in [-0.05, 0) is 64.7 Å². The molecule has 0 aromatic heterocycles. The first-order chi connectivity index (χ1) is 18.6. The number of piperidine rings is 1. The second-order valence-corrected chi connectivity index (χ2v) is 13.0. The lowest BCUT2D eigenvalue weighted by molar-refractivity contribution is 0.0110. The third-order valence-corrected chi connectivity index (χ3v) is 7.66. The monoisotopic (exact) mass is 601 g/mol. The van der Waals surface area contributed by atoms with Crippen molar-refractivity contribution in [1.82, 2.24) is 14.9 Å². The van der Waals surface area contributed by atoms with E-state index in [1.807, 2.05) is 12.1 Å². The van der Waals surface area contributed by atoms with E-state index in [-0.39, 0.29) is 31.0 Å². The van der Waals surface area contributed by atoms with Crippen LogP contribution in [0, 0.1) is 17.6 Å². The van der Waals surface area contributed by atoms with Crippen LogP contribution in [0.4, 0.5) is 18.4 Å². The van der Waals surface area contributed by atoms with Crippen molar-refractivity contribution in [3.05, 3.63) is 58.6 Å². The van der Waals surface area contributed by atoms with Gasteiger partial charge in [-0.2, -0.15) is 0 Å². The summed E-state index contributed by atoms with van der Waals surface area (Å²) in [6.45, 7) is 9.05. The molecule has 2 N–H and O–H groups in total. The molecule has 2 aromatic rings. The van der Waals surface area contributed by atoms with Gasteiger partial charge in [0.2, 0.25) is 0 Å². The molecule has 1 heterocycles. The Balaban J connectivity index is 1.81. The molecule has 1 aliphatic heterocycles. The molecule has 0 bridgehead atoms. The van der Waals surface area contributed by atoms with Gasteiger partial charge in [0.15, 0.2) is 11.6 Å². The number of nitrogens with one attached hydrogen (secondary N) is 2. The lowest BCUT2D eigenvalue weighted by atomic mass is 9.81. The van der Waals surface area contributed by atoms with Crippen molar-refractivity contribution >= 4 is 33.7 Å². The van der Waals surface area contributed by atoms with E-state index in [9.17, 15) is 26.8 Å². The Kier molecular flexibility index (Phi) is 9.89. The molecule has 220 valence electrons. The first-order valence-corrected chi connectivity index (χ1v) is 14.6. The number of amides is 3. The van der Waals surface area contributed by atoms with E-state index in [0.717, 1.165) is 5.56 Å². The molecule has 0 spiro atoms. The summed E-state index contributed by atoms with van der Waals surface area (Å²) in [4.78, 5) is 25.1. The Labute approximate surface area is 238 Å². The van der Waals surface area contributed by atoms with Crippen LogP contribution in [0.5, 0.6) is 5.75 Å². The number of likely N-dealkylation sites (tertiary alicyclic amines) is 1. The standard InChI is InChI=1S/C27H34ClF2N3O6S/c1-16(2)31-25(34)32-40(36,37)24-13-21(29)23(12-22(24)30)38-15-18-14-33(26(35)39-27(3,4)5)11-10-20(18)17-6-8-19(28)9-7-17/h6-9,12-13,16,18,20H,10-11,14-15H2,1-5H3,(H2,31,32,34)/t18-,20?/m0/s1. The van der Waals surface area contributed by atoms with E-state index in [4.69, 9.17) is 21.1 Å². The van der Waals surface area contributed by atoms with Crippen molar-refractivity contribution in [2.75, 3.05) is 19.7 Å². The van der Waals surface area contributed by atoms with Crippen LogP contribution in [-0.4, -0.2) is 56.8 Å². The molecule has 0 radical (unpaired) electrons. The third kappa shape index (κ3) is 8.44. The van der Waals surface area contributed by atoms with Crippen LogP contribution in [-0.2, 0) is 14.8 Å². The summed E-state index contributed by atoms with van der Waals surface area (Å²) in [6, 6.07) is 6.86. The van der Waals surface area contributed by atoms with E-state index in [2.05, 4.69) is 5.32 Å². The van der Waals surface area contributed by atoms with Gasteiger partial charge in [0.1, 0.15) is 16.3 Å². The molecule has 3 rings (SSSR count). The van der Waals surface area contributed by atoms with E-state index in [0.29, 0.717) is 30.1 Å². The SMILES string of the molecule is CC(C)NC(=O)NS(=O)(=O)c1cc(F)c(OC[C@@H]2CN(C(=O)OC(C)(C)C)CCC2c2ccc(Cl)cc2)cc1F. The lowest BCUT2D eigenvalue weighted by Gasteiger charge is -2.39. The van der Waals surface area contributed by atoms with Crippen LogP contribution in [0.25, 0.3) is 0 Å². The number of hydrogen-bond acceptors (Lipinski definition) is 6. The van der Waals surface area contributed by atoms with Gasteiger partial charge >= 0.3 is 12.1 Å². The summed E-state index contributed by atoms with van der Waals surface area (Å²) in [5, 5.41) is 2.86. The minimum absolute atomic E-state index is 0.0906. The predicted octanol–water partition coefficient (Wildman–Crippen LogP) is 5.43. The van der Waals surface area contributed by atoms with Gasteiger partial charge in [-0.15, -0.1) is 0 Å².